The molecule has 0 aliphatic carbocycles. The number of benzene rings is 2. The molecule has 0 aliphatic rings. The molecule has 0 aromatic heterocycles. The first-order valence-corrected chi connectivity index (χ1v) is 10.8. The van der Waals surface area contributed by atoms with Crippen molar-refractivity contribution in [3.63, 3.8) is 0 Å². The Morgan fingerprint density at radius 1 is 0.914 bits per heavy atom. The van der Waals surface area contributed by atoms with Crippen LogP contribution in [0.3, 0.4) is 0 Å². The van der Waals surface area contributed by atoms with E-state index in [1.54, 1.807) is 12.1 Å². The van der Waals surface area contributed by atoms with Crippen molar-refractivity contribution in [2.24, 2.45) is 4.99 Å². The molecule has 0 fully saturated rings. The van der Waals surface area contributed by atoms with E-state index in [1.165, 1.54) is 21.1 Å². The summed E-state index contributed by atoms with van der Waals surface area (Å²) in [5, 5.41) is 2.46. The van der Waals surface area contributed by atoms with Crippen molar-refractivity contribution in [1.29, 1.82) is 0 Å². The molecule has 2 rings (SSSR count). The monoisotopic (exact) mass is 483 g/mol. The van der Waals surface area contributed by atoms with Crippen molar-refractivity contribution in [2.45, 2.75) is 32.6 Å². The van der Waals surface area contributed by atoms with E-state index < -0.39 is 30.0 Å². The molecule has 0 bridgehead atoms. The first-order valence-electron chi connectivity index (χ1n) is 10.8. The van der Waals surface area contributed by atoms with Crippen molar-refractivity contribution in [1.82, 2.24) is 10.2 Å². The highest BCUT2D eigenvalue weighted by Crippen LogP contribution is 2.08. The Morgan fingerprint density at radius 3 is 1.97 bits per heavy atom. The van der Waals surface area contributed by atoms with Gasteiger partial charge in [0, 0.05) is 14.0 Å². The second-order valence-corrected chi connectivity index (χ2v) is 7.48. The van der Waals surface area contributed by atoms with Crippen LogP contribution in [0.5, 0.6) is 0 Å². The minimum Gasteiger partial charge on any atom is -0.467 e. The zero-order valence-corrected chi connectivity index (χ0v) is 19.9. The molecule has 2 amide bonds. The molecule has 35 heavy (non-hydrogen) atoms. The minimum absolute atomic E-state index is 0.00415. The van der Waals surface area contributed by atoms with E-state index >= 15 is 0 Å². The van der Waals surface area contributed by atoms with E-state index in [1.807, 2.05) is 48.5 Å². The van der Waals surface area contributed by atoms with Crippen LogP contribution in [0, 0.1) is 0 Å². The zero-order chi connectivity index (χ0) is 25.6. The summed E-state index contributed by atoms with van der Waals surface area (Å²) < 4.78 is 15.3. The van der Waals surface area contributed by atoms with E-state index in [0.29, 0.717) is 0 Å². The van der Waals surface area contributed by atoms with Crippen LogP contribution >= 0.6 is 0 Å². The number of ether oxygens (including phenoxy) is 3. The number of esters is 2. The summed E-state index contributed by atoms with van der Waals surface area (Å²) in [6.45, 7) is 1.07. The number of amidine groups is 1. The van der Waals surface area contributed by atoms with Gasteiger partial charge < -0.3 is 19.5 Å². The van der Waals surface area contributed by atoms with Crippen LogP contribution in [-0.2, 0) is 41.8 Å². The average Bonchev–Trinajstić information content (AvgIpc) is 2.86. The van der Waals surface area contributed by atoms with E-state index in [2.05, 4.69) is 10.3 Å². The fourth-order valence-corrected chi connectivity index (χ4v) is 2.90. The molecule has 1 atom stereocenters. The lowest BCUT2D eigenvalue weighted by Gasteiger charge is -2.24. The molecule has 10 heteroatoms. The summed E-state index contributed by atoms with van der Waals surface area (Å²) in [7, 11) is 2.55. The molecular formula is C25H29N3O7. The summed E-state index contributed by atoms with van der Waals surface area (Å²) >= 11 is 0. The van der Waals surface area contributed by atoms with Gasteiger partial charge in [-0.25, -0.2) is 9.59 Å². The number of rotatable bonds is 10. The Bertz CT molecular complexity index is 1030. The molecule has 2 aromatic carbocycles. The second kappa shape index (κ2) is 14.1. The maximum atomic E-state index is 12.5. The number of amides is 2. The predicted octanol–water partition coefficient (Wildman–Crippen LogP) is 2.46. The van der Waals surface area contributed by atoms with Gasteiger partial charge in [-0.1, -0.05) is 60.7 Å². The van der Waals surface area contributed by atoms with Gasteiger partial charge in [0.25, 0.3) is 0 Å². The Labute approximate surface area is 203 Å². The highest BCUT2D eigenvalue weighted by Gasteiger charge is 2.29. The number of nitrogens with zero attached hydrogens (tertiary/aromatic N) is 2. The zero-order valence-electron chi connectivity index (χ0n) is 19.9. The third kappa shape index (κ3) is 9.66. The van der Waals surface area contributed by atoms with Gasteiger partial charge in [0.15, 0.2) is 6.04 Å². The predicted molar refractivity (Wildman–Crippen MR) is 127 cm³/mol. The molecule has 1 N–H and O–H groups in total. The number of carbonyl (C=O) groups is 4. The summed E-state index contributed by atoms with van der Waals surface area (Å²) in [5.74, 6) is -1.81. The van der Waals surface area contributed by atoms with Crippen LogP contribution < -0.4 is 5.32 Å². The fourth-order valence-electron chi connectivity index (χ4n) is 2.90. The molecule has 0 saturated heterocycles. The Balaban J connectivity index is 2.03. The van der Waals surface area contributed by atoms with Crippen LogP contribution in [0.2, 0.25) is 0 Å². The van der Waals surface area contributed by atoms with Gasteiger partial charge in [-0.3, -0.25) is 19.5 Å². The molecule has 2 aromatic rings. The molecule has 0 aliphatic heterocycles. The van der Waals surface area contributed by atoms with Gasteiger partial charge in [-0.05, 0) is 11.1 Å². The van der Waals surface area contributed by atoms with Gasteiger partial charge in [0.1, 0.15) is 25.5 Å². The topological polar surface area (TPSA) is 124 Å². The molecule has 0 heterocycles. The third-order valence-electron chi connectivity index (χ3n) is 4.76. The first-order chi connectivity index (χ1) is 16.8. The van der Waals surface area contributed by atoms with Crippen molar-refractivity contribution in [3.05, 3.63) is 71.8 Å². The van der Waals surface area contributed by atoms with Crippen molar-refractivity contribution in [2.75, 3.05) is 20.7 Å². The number of hydrogen-bond donors (Lipinski definition) is 1. The van der Waals surface area contributed by atoms with Gasteiger partial charge in [-0.15, -0.1) is 0 Å². The third-order valence-corrected chi connectivity index (χ3v) is 4.76. The van der Waals surface area contributed by atoms with Crippen LogP contribution in [-0.4, -0.2) is 61.4 Å². The Hall–Kier alpha value is -4.21. The normalized spacial score (nSPS) is 11.7. The molecule has 0 radical (unpaired) electrons. The summed E-state index contributed by atoms with van der Waals surface area (Å²) in [6, 6.07) is 17.0. The number of nitrogens with one attached hydrogen (secondary N) is 1. The highest BCUT2D eigenvalue weighted by molar-refractivity contribution is 6.05. The fraction of sp³-hybridized carbons (Fsp3) is 0.320. The lowest BCUT2D eigenvalue weighted by molar-refractivity contribution is -0.145. The molecule has 0 saturated carbocycles. The number of likely N-dealkylation sites (N-methyl/N-ethyl adjacent to an activating group) is 1. The van der Waals surface area contributed by atoms with Crippen LogP contribution in [0.1, 0.15) is 24.5 Å². The van der Waals surface area contributed by atoms with Crippen molar-refractivity contribution < 1.29 is 33.4 Å². The SMILES string of the molecule is COC(=O)C(CN=C(CC(=O)OCc1ccccc1)NC(C)=O)N(C)C(=O)OCc1ccccc1. The van der Waals surface area contributed by atoms with Crippen molar-refractivity contribution in [3.8, 4) is 0 Å². The van der Waals surface area contributed by atoms with Crippen LogP contribution in [0.15, 0.2) is 65.7 Å². The van der Waals surface area contributed by atoms with Crippen molar-refractivity contribution >= 4 is 29.8 Å². The Morgan fingerprint density at radius 2 is 1.46 bits per heavy atom. The molecular weight excluding hydrogens is 454 g/mol. The van der Waals surface area contributed by atoms with Gasteiger partial charge in [0.05, 0.1) is 13.7 Å². The summed E-state index contributed by atoms with van der Waals surface area (Å²) in [4.78, 5) is 53.9. The quantitative estimate of drug-likeness (QED) is 0.238. The number of methoxy groups -OCH3 is 1. The standard InChI is InChI=1S/C25H29N3O7/c1-18(29)27-22(14-23(30)34-16-19-10-6-4-7-11-19)26-15-21(24(31)33-3)28(2)25(32)35-17-20-12-8-5-9-13-20/h4-13,21H,14-17H2,1-3H3,(H,26,27,29). The average molecular weight is 484 g/mol. The first kappa shape index (κ1) is 27.0. The molecule has 1 unspecified atom stereocenters. The Kier molecular flexibility index (Phi) is 10.9. The maximum absolute atomic E-state index is 12.5. The minimum atomic E-state index is -1.15. The summed E-state index contributed by atoms with van der Waals surface area (Å²) in [6.07, 6.45) is -1.09. The van der Waals surface area contributed by atoms with E-state index in [4.69, 9.17) is 14.2 Å². The largest absolute Gasteiger partial charge is 0.467 e. The van der Waals surface area contributed by atoms with Crippen LogP contribution in [0.25, 0.3) is 0 Å². The smallest absolute Gasteiger partial charge is 0.410 e. The van der Waals surface area contributed by atoms with E-state index in [-0.39, 0.29) is 32.0 Å². The van der Waals surface area contributed by atoms with Gasteiger partial charge >= 0.3 is 18.0 Å². The lowest BCUT2D eigenvalue weighted by Crippen LogP contribution is -2.45. The van der Waals surface area contributed by atoms with E-state index in [9.17, 15) is 19.2 Å². The van der Waals surface area contributed by atoms with Gasteiger partial charge in [0.2, 0.25) is 5.91 Å². The van der Waals surface area contributed by atoms with Crippen LogP contribution in [0.4, 0.5) is 4.79 Å². The highest BCUT2D eigenvalue weighted by atomic mass is 16.6. The molecule has 10 nitrogen and oxygen atoms in total. The van der Waals surface area contributed by atoms with E-state index in [0.717, 1.165) is 16.0 Å². The maximum Gasteiger partial charge on any atom is 0.410 e. The lowest BCUT2D eigenvalue weighted by atomic mass is 10.2. The second-order valence-electron chi connectivity index (χ2n) is 7.48. The summed E-state index contributed by atoms with van der Waals surface area (Å²) in [5.41, 5.74) is 1.59. The number of carbonyl (C=O) groups excluding carboxylic acids is 4. The molecule has 0 spiro atoms. The molecule has 186 valence electrons. The van der Waals surface area contributed by atoms with Gasteiger partial charge in [-0.2, -0.15) is 0 Å². The number of aliphatic imine (C=N–C) groups is 1. The number of hydrogen-bond acceptors (Lipinski definition) is 8.